The van der Waals surface area contributed by atoms with Crippen molar-refractivity contribution in [2.24, 2.45) is 0 Å². The molecule has 0 bridgehead atoms. The van der Waals surface area contributed by atoms with Gasteiger partial charge in [-0.3, -0.25) is 4.90 Å². The maximum atomic E-state index is 14.1. The third kappa shape index (κ3) is 4.71. The highest BCUT2D eigenvalue weighted by molar-refractivity contribution is 7.89. The number of nitrogens with one attached hydrogen (secondary N) is 1. The van der Waals surface area contributed by atoms with Crippen molar-refractivity contribution in [2.45, 2.75) is 37.1 Å². The highest BCUT2D eigenvalue weighted by Crippen LogP contribution is 2.31. The summed E-state index contributed by atoms with van der Waals surface area (Å²) in [4.78, 5) is 1.96. The Bertz CT molecular complexity index is 912. The molecule has 1 aliphatic heterocycles. The minimum atomic E-state index is -3.97. The lowest BCUT2D eigenvalue weighted by atomic mass is 10.0. The van der Waals surface area contributed by atoms with Crippen LogP contribution in [-0.2, 0) is 10.0 Å². The minimum Gasteiger partial charge on any atom is -0.496 e. The van der Waals surface area contributed by atoms with Crippen molar-refractivity contribution in [2.75, 3.05) is 26.7 Å². The van der Waals surface area contributed by atoms with E-state index in [1.165, 1.54) is 18.6 Å². The number of hydrogen-bond donors (Lipinski definition) is 1. The van der Waals surface area contributed by atoms with E-state index in [2.05, 4.69) is 9.62 Å². The first-order valence-corrected chi connectivity index (χ1v) is 11.0. The summed E-state index contributed by atoms with van der Waals surface area (Å²) in [5, 5.41) is 0. The van der Waals surface area contributed by atoms with Crippen LogP contribution in [0.1, 0.15) is 36.4 Å². The molecule has 0 saturated carbocycles. The van der Waals surface area contributed by atoms with Gasteiger partial charge in [-0.05, 0) is 56.6 Å². The number of piperidine rings is 1. The third-order valence-corrected chi connectivity index (χ3v) is 6.61. The van der Waals surface area contributed by atoms with E-state index < -0.39 is 15.8 Å². The van der Waals surface area contributed by atoms with Gasteiger partial charge in [-0.25, -0.2) is 17.5 Å². The molecule has 0 aliphatic carbocycles. The predicted molar refractivity (Wildman–Crippen MR) is 107 cm³/mol. The second-order valence-electron chi connectivity index (χ2n) is 7.14. The van der Waals surface area contributed by atoms with Crippen molar-refractivity contribution in [3.05, 3.63) is 59.4 Å². The van der Waals surface area contributed by atoms with Crippen molar-refractivity contribution >= 4 is 10.0 Å². The summed E-state index contributed by atoms with van der Waals surface area (Å²) in [6, 6.07) is 11.6. The lowest BCUT2D eigenvalue weighted by Crippen LogP contribution is -2.41. The second-order valence-corrected chi connectivity index (χ2v) is 8.88. The van der Waals surface area contributed by atoms with Gasteiger partial charge in [0.25, 0.3) is 0 Å². The van der Waals surface area contributed by atoms with E-state index in [1.807, 2.05) is 24.3 Å². The van der Waals surface area contributed by atoms with E-state index in [-0.39, 0.29) is 17.5 Å². The molecule has 0 unspecified atom stereocenters. The Morgan fingerprint density at radius 2 is 1.86 bits per heavy atom. The number of likely N-dealkylation sites (tertiary alicyclic amines) is 1. The lowest BCUT2D eigenvalue weighted by Gasteiger charge is -2.35. The number of para-hydroxylation sites is 1. The Morgan fingerprint density at radius 3 is 2.57 bits per heavy atom. The molecule has 0 aromatic heterocycles. The Hall–Kier alpha value is -1.96. The molecule has 1 fully saturated rings. The van der Waals surface area contributed by atoms with Crippen molar-refractivity contribution in [1.82, 2.24) is 9.62 Å². The van der Waals surface area contributed by atoms with Crippen molar-refractivity contribution < 1.29 is 17.5 Å². The number of halogens is 1. The first kappa shape index (κ1) is 20.8. The zero-order chi connectivity index (χ0) is 20.1. The summed E-state index contributed by atoms with van der Waals surface area (Å²) in [7, 11) is -2.36. The van der Waals surface area contributed by atoms with Gasteiger partial charge in [-0.1, -0.05) is 30.7 Å². The zero-order valence-electron chi connectivity index (χ0n) is 16.3. The smallest absolute Gasteiger partial charge is 0.243 e. The Labute approximate surface area is 166 Å². The van der Waals surface area contributed by atoms with E-state index in [0.29, 0.717) is 5.56 Å². The van der Waals surface area contributed by atoms with Gasteiger partial charge in [0, 0.05) is 12.1 Å². The molecule has 0 spiro atoms. The first-order valence-electron chi connectivity index (χ1n) is 9.55. The predicted octanol–water partition coefficient (Wildman–Crippen LogP) is 3.65. The summed E-state index contributed by atoms with van der Waals surface area (Å²) < 4.78 is 47.8. The third-order valence-electron chi connectivity index (χ3n) is 5.17. The summed E-state index contributed by atoms with van der Waals surface area (Å²) >= 11 is 0. The van der Waals surface area contributed by atoms with Gasteiger partial charge in [-0.15, -0.1) is 0 Å². The quantitative estimate of drug-likeness (QED) is 0.763. The van der Waals surface area contributed by atoms with Crippen LogP contribution in [0.4, 0.5) is 4.39 Å². The number of ether oxygens (including phenoxy) is 1. The summed E-state index contributed by atoms with van der Waals surface area (Å²) in [6.07, 6.45) is 3.32. The van der Waals surface area contributed by atoms with Gasteiger partial charge in [0.15, 0.2) is 0 Å². The summed E-state index contributed by atoms with van der Waals surface area (Å²) in [6.45, 7) is 3.67. The SMILES string of the molecule is COc1ccccc1[C@H](CNS(=O)(=O)c1cc(C)ccc1F)N1CCCCC1. The van der Waals surface area contributed by atoms with E-state index >= 15 is 0 Å². The van der Waals surface area contributed by atoms with Gasteiger partial charge >= 0.3 is 0 Å². The van der Waals surface area contributed by atoms with E-state index in [9.17, 15) is 12.8 Å². The van der Waals surface area contributed by atoms with Crippen LogP contribution in [0.15, 0.2) is 47.4 Å². The molecule has 1 N–H and O–H groups in total. The molecule has 2 aromatic rings. The molecule has 2 aromatic carbocycles. The Morgan fingerprint density at radius 1 is 1.14 bits per heavy atom. The largest absolute Gasteiger partial charge is 0.496 e. The molecular weight excluding hydrogens is 379 g/mol. The van der Waals surface area contributed by atoms with Crippen molar-refractivity contribution in [1.29, 1.82) is 0 Å². The van der Waals surface area contributed by atoms with Crippen LogP contribution in [0, 0.1) is 12.7 Å². The average Bonchev–Trinajstić information content (AvgIpc) is 2.71. The van der Waals surface area contributed by atoms with Gasteiger partial charge in [0.1, 0.15) is 16.5 Å². The Kier molecular flexibility index (Phi) is 6.69. The number of nitrogens with zero attached hydrogens (tertiary/aromatic N) is 1. The Balaban J connectivity index is 1.88. The van der Waals surface area contributed by atoms with Crippen LogP contribution >= 0.6 is 0 Å². The van der Waals surface area contributed by atoms with Crippen LogP contribution in [0.25, 0.3) is 0 Å². The molecule has 28 heavy (non-hydrogen) atoms. The van der Waals surface area contributed by atoms with Gasteiger partial charge in [-0.2, -0.15) is 0 Å². The fraction of sp³-hybridized carbons (Fsp3) is 0.429. The molecule has 0 radical (unpaired) electrons. The molecule has 0 amide bonds. The van der Waals surface area contributed by atoms with Gasteiger partial charge in [0.05, 0.1) is 13.2 Å². The van der Waals surface area contributed by atoms with Crippen molar-refractivity contribution in [3.63, 3.8) is 0 Å². The monoisotopic (exact) mass is 406 g/mol. The molecule has 152 valence electrons. The molecule has 1 aliphatic rings. The zero-order valence-corrected chi connectivity index (χ0v) is 17.1. The molecular formula is C21H27FN2O3S. The fourth-order valence-electron chi connectivity index (χ4n) is 3.69. The number of methoxy groups -OCH3 is 1. The second kappa shape index (κ2) is 9.03. The van der Waals surface area contributed by atoms with Crippen LogP contribution in [-0.4, -0.2) is 40.1 Å². The van der Waals surface area contributed by atoms with Crippen LogP contribution in [0.3, 0.4) is 0 Å². The van der Waals surface area contributed by atoms with Gasteiger partial charge < -0.3 is 4.74 Å². The van der Waals surface area contributed by atoms with Crippen molar-refractivity contribution in [3.8, 4) is 5.75 Å². The van der Waals surface area contributed by atoms with E-state index in [4.69, 9.17) is 4.74 Å². The number of aryl methyl sites for hydroxylation is 1. The molecule has 5 nitrogen and oxygen atoms in total. The highest BCUT2D eigenvalue weighted by atomic mass is 32.2. The number of rotatable bonds is 7. The minimum absolute atomic E-state index is 0.149. The molecule has 1 saturated heterocycles. The van der Waals surface area contributed by atoms with Crippen LogP contribution in [0.5, 0.6) is 5.75 Å². The number of benzene rings is 2. The fourth-order valence-corrected chi connectivity index (χ4v) is 4.89. The average molecular weight is 407 g/mol. The first-order chi connectivity index (χ1) is 13.4. The van der Waals surface area contributed by atoms with E-state index in [1.54, 1.807) is 20.1 Å². The summed E-state index contributed by atoms with van der Waals surface area (Å²) in [5.74, 6) is -0.0241. The standard InChI is InChI=1S/C21H27FN2O3S/c1-16-10-11-18(22)21(14-16)28(25,26)23-15-19(24-12-6-3-7-13-24)17-8-4-5-9-20(17)27-2/h4-5,8-11,14,19,23H,3,6-7,12-13,15H2,1-2H3/t19-/m0/s1. The summed E-state index contributed by atoms with van der Waals surface area (Å²) in [5.41, 5.74) is 1.62. The molecule has 1 heterocycles. The van der Waals surface area contributed by atoms with Gasteiger partial charge in [0.2, 0.25) is 10.0 Å². The normalized spacial score (nSPS) is 16.7. The molecule has 3 rings (SSSR count). The highest BCUT2D eigenvalue weighted by Gasteiger charge is 2.27. The van der Waals surface area contributed by atoms with Crippen LogP contribution < -0.4 is 9.46 Å². The number of hydrogen-bond acceptors (Lipinski definition) is 4. The van der Waals surface area contributed by atoms with Crippen LogP contribution in [0.2, 0.25) is 0 Å². The lowest BCUT2D eigenvalue weighted by molar-refractivity contribution is 0.162. The molecule has 7 heteroatoms. The maximum absolute atomic E-state index is 14.1. The maximum Gasteiger partial charge on any atom is 0.243 e. The number of sulfonamides is 1. The topological polar surface area (TPSA) is 58.6 Å². The van der Waals surface area contributed by atoms with E-state index in [0.717, 1.165) is 37.2 Å². The molecule has 1 atom stereocenters.